The van der Waals surface area contributed by atoms with Crippen LogP contribution in [0.25, 0.3) is 0 Å². The molecule has 1 aromatic rings. The van der Waals surface area contributed by atoms with Gasteiger partial charge < -0.3 is 5.32 Å². The molecular formula is C17H26ClFN2. The second kappa shape index (κ2) is 7.57. The minimum atomic E-state index is -0.343. The molecule has 0 spiro atoms. The van der Waals surface area contributed by atoms with Crippen LogP contribution >= 0.6 is 11.6 Å². The molecule has 1 aliphatic rings. The van der Waals surface area contributed by atoms with Crippen LogP contribution in [0.1, 0.15) is 39.2 Å². The van der Waals surface area contributed by atoms with Crippen molar-refractivity contribution in [2.75, 3.05) is 13.1 Å². The lowest BCUT2D eigenvalue weighted by molar-refractivity contribution is 0.0885. The molecule has 1 aromatic carbocycles. The summed E-state index contributed by atoms with van der Waals surface area (Å²) in [5.74, 6) is 0.251. The Morgan fingerprint density at radius 3 is 2.81 bits per heavy atom. The monoisotopic (exact) mass is 312 g/mol. The van der Waals surface area contributed by atoms with E-state index >= 15 is 0 Å². The summed E-state index contributed by atoms with van der Waals surface area (Å²) in [6, 6.07) is 6.14. The molecule has 1 N–H and O–H groups in total. The first-order chi connectivity index (χ1) is 10.0. The summed E-state index contributed by atoms with van der Waals surface area (Å²) in [6.07, 6.45) is 2.39. The largest absolute Gasteiger partial charge is 0.311 e. The molecular weight excluding hydrogens is 287 g/mol. The third-order valence-corrected chi connectivity index (χ3v) is 4.61. The average molecular weight is 313 g/mol. The molecule has 2 nitrogen and oxygen atoms in total. The van der Waals surface area contributed by atoms with Crippen molar-refractivity contribution in [3.05, 3.63) is 34.6 Å². The number of hydrogen-bond donors (Lipinski definition) is 1. The summed E-state index contributed by atoms with van der Waals surface area (Å²) in [5, 5.41) is 3.88. The molecule has 0 aliphatic carbocycles. The van der Waals surface area contributed by atoms with Crippen LogP contribution in [0.4, 0.5) is 4.39 Å². The fraction of sp³-hybridized carbons (Fsp3) is 0.647. The second-order valence-corrected chi connectivity index (χ2v) is 6.79. The lowest BCUT2D eigenvalue weighted by Gasteiger charge is -2.42. The van der Waals surface area contributed by atoms with E-state index in [1.165, 1.54) is 18.9 Å². The van der Waals surface area contributed by atoms with Gasteiger partial charge >= 0.3 is 0 Å². The van der Waals surface area contributed by atoms with Crippen molar-refractivity contribution in [2.24, 2.45) is 5.92 Å². The Labute approximate surface area is 132 Å². The van der Waals surface area contributed by atoms with Gasteiger partial charge in [0.15, 0.2) is 0 Å². The number of nitrogens with one attached hydrogen (secondary N) is 1. The van der Waals surface area contributed by atoms with Gasteiger partial charge in [-0.05, 0) is 30.0 Å². The average Bonchev–Trinajstić information content (AvgIpc) is 2.43. The van der Waals surface area contributed by atoms with Gasteiger partial charge in [0.1, 0.15) is 5.82 Å². The van der Waals surface area contributed by atoms with Crippen molar-refractivity contribution < 1.29 is 4.39 Å². The van der Waals surface area contributed by atoms with Gasteiger partial charge in [-0.3, -0.25) is 4.90 Å². The molecule has 0 radical (unpaired) electrons. The Morgan fingerprint density at radius 2 is 2.19 bits per heavy atom. The standard InChI is InChI=1S/C17H26ClFN2/c1-4-5-14-11-21(17(9-20-14)12(2)3)10-13-6-7-16(19)15(18)8-13/h6-8,12,14,17,20H,4-5,9-11H2,1-3H3. The maximum absolute atomic E-state index is 13.3. The number of rotatable bonds is 5. The lowest BCUT2D eigenvalue weighted by atomic mass is 9.96. The zero-order valence-electron chi connectivity index (χ0n) is 13.2. The lowest BCUT2D eigenvalue weighted by Crippen LogP contribution is -2.57. The van der Waals surface area contributed by atoms with Crippen LogP contribution in [0.2, 0.25) is 5.02 Å². The summed E-state index contributed by atoms with van der Waals surface area (Å²) in [6.45, 7) is 9.66. The minimum absolute atomic E-state index is 0.217. The molecule has 0 bridgehead atoms. The highest BCUT2D eigenvalue weighted by atomic mass is 35.5. The molecule has 0 amide bonds. The van der Waals surface area contributed by atoms with E-state index in [4.69, 9.17) is 11.6 Å². The zero-order valence-corrected chi connectivity index (χ0v) is 14.0. The molecule has 2 unspecified atom stereocenters. The maximum atomic E-state index is 13.3. The van der Waals surface area contributed by atoms with E-state index < -0.39 is 0 Å². The van der Waals surface area contributed by atoms with E-state index in [1.807, 2.05) is 6.07 Å². The van der Waals surface area contributed by atoms with E-state index in [0.717, 1.165) is 25.2 Å². The van der Waals surface area contributed by atoms with E-state index in [1.54, 1.807) is 6.07 Å². The first-order valence-electron chi connectivity index (χ1n) is 7.92. The summed E-state index contributed by atoms with van der Waals surface area (Å²) in [7, 11) is 0. The first-order valence-corrected chi connectivity index (χ1v) is 8.30. The first kappa shape index (κ1) is 16.7. The van der Waals surface area contributed by atoms with Crippen LogP contribution in [0.15, 0.2) is 18.2 Å². The van der Waals surface area contributed by atoms with Crippen LogP contribution in [-0.2, 0) is 6.54 Å². The molecule has 1 heterocycles. The SMILES string of the molecule is CCCC1CN(Cc2ccc(F)c(Cl)c2)C(C(C)C)CN1. The molecule has 1 aliphatic heterocycles. The van der Waals surface area contributed by atoms with Gasteiger partial charge in [0.2, 0.25) is 0 Å². The number of halogens is 2. The predicted molar refractivity (Wildman–Crippen MR) is 87.1 cm³/mol. The van der Waals surface area contributed by atoms with Crippen molar-refractivity contribution in [1.29, 1.82) is 0 Å². The fourth-order valence-corrected chi connectivity index (χ4v) is 3.36. The van der Waals surface area contributed by atoms with E-state index in [2.05, 4.69) is 31.0 Å². The van der Waals surface area contributed by atoms with Crippen LogP contribution in [0, 0.1) is 11.7 Å². The van der Waals surface area contributed by atoms with Gasteiger partial charge in [-0.2, -0.15) is 0 Å². The summed E-state index contributed by atoms with van der Waals surface area (Å²) < 4.78 is 13.3. The Kier molecular flexibility index (Phi) is 6.03. The fourth-order valence-electron chi connectivity index (χ4n) is 3.15. The number of hydrogen-bond acceptors (Lipinski definition) is 2. The second-order valence-electron chi connectivity index (χ2n) is 6.38. The number of piperazine rings is 1. The molecule has 4 heteroatoms. The third kappa shape index (κ3) is 4.41. The summed E-state index contributed by atoms with van der Waals surface area (Å²) >= 11 is 5.90. The normalized spacial score (nSPS) is 23.7. The van der Waals surface area contributed by atoms with Gasteiger partial charge in [-0.15, -0.1) is 0 Å². The van der Waals surface area contributed by atoms with Crippen LogP contribution < -0.4 is 5.32 Å². The molecule has 2 rings (SSSR count). The Morgan fingerprint density at radius 1 is 1.43 bits per heavy atom. The number of benzene rings is 1. The number of nitrogens with zero attached hydrogens (tertiary/aromatic N) is 1. The third-order valence-electron chi connectivity index (χ3n) is 4.32. The molecule has 0 aromatic heterocycles. The minimum Gasteiger partial charge on any atom is -0.311 e. The highest BCUT2D eigenvalue weighted by Crippen LogP contribution is 2.22. The summed E-state index contributed by atoms with van der Waals surface area (Å²) in [4.78, 5) is 2.52. The van der Waals surface area contributed by atoms with Gasteiger partial charge in [0.25, 0.3) is 0 Å². The van der Waals surface area contributed by atoms with Crippen molar-refractivity contribution in [1.82, 2.24) is 10.2 Å². The molecule has 118 valence electrons. The van der Waals surface area contributed by atoms with E-state index in [0.29, 0.717) is 18.0 Å². The van der Waals surface area contributed by atoms with Crippen LogP contribution in [0.5, 0.6) is 0 Å². The molecule has 1 fully saturated rings. The molecule has 0 saturated carbocycles. The van der Waals surface area contributed by atoms with Gasteiger partial charge in [-0.1, -0.05) is 44.9 Å². The van der Waals surface area contributed by atoms with Gasteiger partial charge in [0.05, 0.1) is 5.02 Å². The van der Waals surface area contributed by atoms with Crippen LogP contribution in [0.3, 0.4) is 0 Å². The highest BCUT2D eigenvalue weighted by Gasteiger charge is 2.29. The molecule has 2 atom stereocenters. The van der Waals surface area contributed by atoms with Crippen molar-refractivity contribution in [3.8, 4) is 0 Å². The smallest absolute Gasteiger partial charge is 0.141 e. The maximum Gasteiger partial charge on any atom is 0.141 e. The Hall–Kier alpha value is -0.640. The molecule has 1 saturated heterocycles. The molecule has 21 heavy (non-hydrogen) atoms. The summed E-state index contributed by atoms with van der Waals surface area (Å²) in [5.41, 5.74) is 1.09. The Bertz CT molecular complexity index is 464. The predicted octanol–water partition coefficient (Wildman–Crippen LogP) is 4.08. The topological polar surface area (TPSA) is 15.3 Å². The van der Waals surface area contributed by atoms with Crippen molar-refractivity contribution in [3.63, 3.8) is 0 Å². The highest BCUT2D eigenvalue weighted by molar-refractivity contribution is 6.30. The van der Waals surface area contributed by atoms with Crippen molar-refractivity contribution in [2.45, 2.75) is 52.2 Å². The van der Waals surface area contributed by atoms with Gasteiger partial charge in [-0.25, -0.2) is 4.39 Å². The Balaban J connectivity index is 2.09. The van der Waals surface area contributed by atoms with Gasteiger partial charge in [0, 0.05) is 31.7 Å². The van der Waals surface area contributed by atoms with Crippen molar-refractivity contribution >= 4 is 11.6 Å². The zero-order chi connectivity index (χ0) is 15.4. The van der Waals surface area contributed by atoms with Crippen LogP contribution in [-0.4, -0.2) is 30.1 Å². The van der Waals surface area contributed by atoms with E-state index in [-0.39, 0.29) is 10.8 Å². The van der Waals surface area contributed by atoms with E-state index in [9.17, 15) is 4.39 Å². The quantitative estimate of drug-likeness (QED) is 0.881.